The molecule has 1 fully saturated rings. The molecule has 2 N–H and O–H groups in total. The van der Waals surface area contributed by atoms with Gasteiger partial charge in [-0.3, -0.25) is 9.59 Å². The third-order valence-corrected chi connectivity index (χ3v) is 7.85. The van der Waals surface area contributed by atoms with Gasteiger partial charge in [-0.05, 0) is 49.6 Å². The van der Waals surface area contributed by atoms with Crippen molar-refractivity contribution in [3.05, 3.63) is 58.6 Å². The minimum atomic E-state index is -3.73. The maximum atomic E-state index is 13.2. The summed E-state index contributed by atoms with van der Waals surface area (Å²) in [4.78, 5) is 25.6. The number of carbonyl (C=O) groups excluding carboxylic acids is 2. The van der Waals surface area contributed by atoms with Crippen LogP contribution in [0.25, 0.3) is 0 Å². The van der Waals surface area contributed by atoms with Crippen LogP contribution in [0.3, 0.4) is 0 Å². The molecule has 1 aliphatic rings. The molecule has 0 spiro atoms. The van der Waals surface area contributed by atoms with E-state index in [0.717, 1.165) is 38.5 Å². The Balaban J connectivity index is 1.83. The average molecular weight is 492 g/mol. The number of unbranched alkanes of at least 4 members (excludes halogenated alkanes) is 1. The summed E-state index contributed by atoms with van der Waals surface area (Å²) >= 11 is 6.26. The predicted molar refractivity (Wildman–Crippen MR) is 130 cm³/mol. The van der Waals surface area contributed by atoms with Crippen molar-refractivity contribution < 1.29 is 18.0 Å². The first kappa shape index (κ1) is 25.2. The first-order valence-corrected chi connectivity index (χ1v) is 13.1. The van der Waals surface area contributed by atoms with Crippen molar-refractivity contribution in [2.75, 3.05) is 25.0 Å². The van der Waals surface area contributed by atoms with Crippen molar-refractivity contribution in [3.63, 3.8) is 0 Å². The van der Waals surface area contributed by atoms with Crippen molar-refractivity contribution in [1.82, 2.24) is 9.62 Å². The third-order valence-electron chi connectivity index (χ3n) is 5.62. The van der Waals surface area contributed by atoms with E-state index < -0.39 is 15.9 Å². The first-order valence-electron chi connectivity index (χ1n) is 11.3. The average Bonchev–Trinajstić information content (AvgIpc) is 3.10. The maximum absolute atomic E-state index is 13.2. The number of rotatable bonds is 8. The topological polar surface area (TPSA) is 95.6 Å². The molecule has 7 nitrogen and oxygen atoms in total. The third kappa shape index (κ3) is 6.34. The lowest BCUT2D eigenvalue weighted by molar-refractivity contribution is 0.0954. The van der Waals surface area contributed by atoms with E-state index in [1.54, 1.807) is 24.3 Å². The number of nitrogens with one attached hydrogen (secondary N) is 2. The number of amides is 2. The number of hydrogen-bond acceptors (Lipinski definition) is 4. The second-order valence-electron chi connectivity index (χ2n) is 8.07. The van der Waals surface area contributed by atoms with Crippen LogP contribution in [-0.4, -0.2) is 44.2 Å². The molecule has 0 atom stereocenters. The summed E-state index contributed by atoms with van der Waals surface area (Å²) in [6.07, 6.45) is 5.45. The number of hydrogen-bond donors (Lipinski definition) is 2. The minimum Gasteiger partial charge on any atom is -0.352 e. The van der Waals surface area contributed by atoms with Crippen molar-refractivity contribution in [2.24, 2.45) is 0 Å². The van der Waals surface area contributed by atoms with Gasteiger partial charge in [-0.1, -0.05) is 49.9 Å². The zero-order chi connectivity index (χ0) is 23.8. The molecule has 0 aromatic heterocycles. The fourth-order valence-electron chi connectivity index (χ4n) is 3.72. The number of carbonyl (C=O) groups is 2. The lowest BCUT2D eigenvalue weighted by Crippen LogP contribution is -2.32. The number of nitrogens with zero attached hydrogens (tertiary/aromatic N) is 1. The molecule has 1 aliphatic heterocycles. The minimum absolute atomic E-state index is 0.0320. The largest absolute Gasteiger partial charge is 0.352 e. The van der Waals surface area contributed by atoms with Crippen LogP contribution < -0.4 is 10.6 Å². The monoisotopic (exact) mass is 491 g/mol. The molecule has 0 saturated carbocycles. The van der Waals surface area contributed by atoms with Gasteiger partial charge in [0.1, 0.15) is 0 Å². The molecule has 0 radical (unpaired) electrons. The zero-order valence-electron chi connectivity index (χ0n) is 18.8. The Morgan fingerprint density at radius 3 is 2.36 bits per heavy atom. The molecule has 3 rings (SSSR count). The number of para-hydroxylation sites is 1. The van der Waals surface area contributed by atoms with Gasteiger partial charge in [-0.2, -0.15) is 4.31 Å². The number of benzene rings is 2. The van der Waals surface area contributed by atoms with E-state index in [1.807, 2.05) is 6.92 Å². The van der Waals surface area contributed by atoms with Gasteiger partial charge in [0, 0.05) is 19.6 Å². The SMILES string of the molecule is CCCCNC(=O)c1ccccc1NC(=O)c1cc(S(=O)(=O)N2CCCCCC2)ccc1Cl. The van der Waals surface area contributed by atoms with Crippen LogP contribution in [0.2, 0.25) is 5.02 Å². The Morgan fingerprint density at radius 2 is 1.67 bits per heavy atom. The van der Waals surface area contributed by atoms with Crippen LogP contribution in [0.4, 0.5) is 5.69 Å². The van der Waals surface area contributed by atoms with Gasteiger partial charge in [-0.25, -0.2) is 8.42 Å². The zero-order valence-corrected chi connectivity index (χ0v) is 20.3. The molecule has 2 amide bonds. The highest BCUT2D eigenvalue weighted by molar-refractivity contribution is 7.89. The molecule has 2 aromatic carbocycles. The Labute approximate surface area is 200 Å². The standard InChI is InChI=1S/C24H30ClN3O4S/c1-2-3-14-26-23(29)19-10-6-7-11-22(19)27-24(30)20-17-18(12-13-21(20)25)33(31,32)28-15-8-4-5-9-16-28/h6-7,10-13,17H,2-5,8-9,14-16H2,1H3,(H,26,29)(H,27,30). The summed E-state index contributed by atoms with van der Waals surface area (Å²) in [6, 6.07) is 10.8. The van der Waals surface area contributed by atoms with Crippen LogP contribution in [0, 0.1) is 0 Å². The quantitative estimate of drug-likeness (QED) is 0.524. The van der Waals surface area contributed by atoms with Crippen LogP contribution in [-0.2, 0) is 10.0 Å². The molecule has 0 unspecified atom stereocenters. The van der Waals surface area contributed by atoms with Crippen molar-refractivity contribution >= 4 is 39.1 Å². The van der Waals surface area contributed by atoms with Gasteiger partial charge in [-0.15, -0.1) is 0 Å². The summed E-state index contributed by atoms with van der Waals surface area (Å²) in [5.74, 6) is -0.871. The Kier molecular flexibility index (Phi) is 8.88. The fraction of sp³-hybridized carbons (Fsp3) is 0.417. The van der Waals surface area contributed by atoms with Crippen molar-refractivity contribution in [2.45, 2.75) is 50.3 Å². The first-order chi connectivity index (χ1) is 15.8. The predicted octanol–water partition coefficient (Wildman–Crippen LogP) is 4.69. The summed E-state index contributed by atoms with van der Waals surface area (Å²) in [5, 5.41) is 5.68. The second-order valence-corrected chi connectivity index (χ2v) is 10.4. The molecule has 1 saturated heterocycles. The molecular formula is C24H30ClN3O4S. The smallest absolute Gasteiger partial charge is 0.257 e. The van der Waals surface area contributed by atoms with E-state index in [-0.39, 0.29) is 21.4 Å². The molecule has 0 aliphatic carbocycles. The normalized spacial score (nSPS) is 15.0. The number of anilines is 1. The lowest BCUT2D eigenvalue weighted by Gasteiger charge is -2.20. The number of sulfonamides is 1. The van der Waals surface area contributed by atoms with Crippen LogP contribution >= 0.6 is 11.6 Å². The van der Waals surface area contributed by atoms with E-state index >= 15 is 0 Å². The van der Waals surface area contributed by atoms with E-state index in [0.29, 0.717) is 30.9 Å². The van der Waals surface area contributed by atoms with Gasteiger partial charge < -0.3 is 10.6 Å². The summed E-state index contributed by atoms with van der Waals surface area (Å²) in [6.45, 7) is 3.51. The highest BCUT2D eigenvalue weighted by Gasteiger charge is 2.27. The Morgan fingerprint density at radius 1 is 0.970 bits per heavy atom. The molecule has 1 heterocycles. The molecule has 178 valence electrons. The molecule has 9 heteroatoms. The van der Waals surface area contributed by atoms with Gasteiger partial charge >= 0.3 is 0 Å². The van der Waals surface area contributed by atoms with Crippen LogP contribution in [0.5, 0.6) is 0 Å². The highest BCUT2D eigenvalue weighted by atomic mass is 35.5. The maximum Gasteiger partial charge on any atom is 0.257 e. The van der Waals surface area contributed by atoms with Crippen molar-refractivity contribution in [3.8, 4) is 0 Å². The van der Waals surface area contributed by atoms with Gasteiger partial charge in [0.15, 0.2) is 0 Å². The molecular weight excluding hydrogens is 462 g/mol. The van der Waals surface area contributed by atoms with E-state index in [4.69, 9.17) is 11.6 Å². The fourth-order valence-corrected chi connectivity index (χ4v) is 5.47. The van der Waals surface area contributed by atoms with Gasteiger partial charge in [0.25, 0.3) is 11.8 Å². The molecule has 2 aromatic rings. The highest BCUT2D eigenvalue weighted by Crippen LogP contribution is 2.26. The van der Waals surface area contributed by atoms with Crippen molar-refractivity contribution in [1.29, 1.82) is 0 Å². The summed E-state index contributed by atoms with van der Waals surface area (Å²) in [7, 11) is -3.73. The second kappa shape index (κ2) is 11.6. The van der Waals surface area contributed by atoms with E-state index in [2.05, 4.69) is 10.6 Å². The Bertz CT molecular complexity index is 1100. The van der Waals surface area contributed by atoms with Gasteiger partial charge in [0.05, 0.1) is 26.7 Å². The van der Waals surface area contributed by atoms with E-state index in [9.17, 15) is 18.0 Å². The lowest BCUT2D eigenvalue weighted by atomic mass is 10.1. The summed E-state index contributed by atoms with van der Waals surface area (Å²) in [5.41, 5.74) is 0.688. The van der Waals surface area contributed by atoms with Crippen LogP contribution in [0.15, 0.2) is 47.4 Å². The van der Waals surface area contributed by atoms with Crippen LogP contribution in [0.1, 0.15) is 66.2 Å². The number of halogens is 1. The Hall–Kier alpha value is -2.42. The molecule has 0 bridgehead atoms. The van der Waals surface area contributed by atoms with Gasteiger partial charge in [0.2, 0.25) is 10.0 Å². The van der Waals surface area contributed by atoms with E-state index in [1.165, 1.54) is 22.5 Å². The molecule has 33 heavy (non-hydrogen) atoms. The summed E-state index contributed by atoms with van der Waals surface area (Å²) < 4.78 is 27.8.